The molecule has 106 valence electrons. The Kier molecular flexibility index (Phi) is 3.84. The summed E-state index contributed by atoms with van der Waals surface area (Å²) >= 11 is 0. The Morgan fingerprint density at radius 3 is 2.89 bits per heavy atom. The first-order valence-corrected chi connectivity index (χ1v) is 8.22. The van der Waals surface area contributed by atoms with Gasteiger partial charge >= 0.3 is 0 Å². The van der Waals surface area contributed by atoms with Crippen molar-refractivity contribution in [1.82, 2.24) is 4.57 Å². The maximum absolute atomic E-state index is 11.7. The monoisotopic (exact) mass is 285 g/mol. The topological polar surface area (TPSA) is 97.7 Å². The number of rotatable bonds is 3. The molecular formula is C12H19N3O3S. The number of nitrogens with zero attached hydrogens (tertiary/aromatic N) is 2. The zero-order valence-electron chi connectivity index (χ0n) is 10.9. The van der Waals surface area contributed by atoms with Crippen LogP contribution in [0.3, 0.4) is 0 Å². The average Bonchev–Trinajstić information content (AvgIpc) is 2.86. The standard InChI is InChI=1S/C12H19N3O3S/c1-19(17,18)10-5-2-4-9(8-10)15-7-3-6-11(15)12(13)14-16/h3,6-7,9-10,16H,2,4-5,8H2,1H3,(H2,13,14). The van der Waals surface area contributed by atoms with E-state index in [1.165, 1.54) is 6.26 Å². The fourth-order valence-corrected chi connectivity index (χ4v) is 3.91. The van der Waals surface area contributed by atoms with Crippen molar-refractivity contribution in [3.63, 3.8) is 0 Å². The second-order valence-electron chi connectivity index (χ2n) is 5.06. The Morgan fingerprint density at radius 2 is 2.26 bits per heavy atom. The highest BCUT2D eigenvalue weighted by Crippen LogP contribution is 2.32. The van der Waals surface area contributed by atoms with E-state index in [-0.39, 0.29) is 17.1 Å². The summed E-state index contributed by atoms with van der Waals surface area (Å²) in [5.41, 5.74) is 6.25. The van der Waals surface area contributed by atoms with Crippen LogP contribution in [0.25, 0.3) is 0 Å². The summed E-state index contributed by atoms with van der Waals surface area (Å²) in [7, 11) is -3.01. The number of amidine groups is 1. The molecule has 0 radical (unpaired) electrons. The molecule has 1 aliphatic carbocycles. The number of sulfone groups is 1. The van der Waals surface area contributed by atoms with Crippen LogP contribution in [0.5, 0.6) is 0 Å². The third kappa shape index (κ3) is 2.91. The van der Waals surface area contributed by atoms with Crippen LogP contribution >= 0.6 is 0 Å². The largest absolute Gasteiger partial charge is 0.409 e. The second kappa shape index (κ2) is 5.24. The minimum atomic E-state index is -3.01. The van der Waals surface area contributed by atoms with Gasteiger partial charge in [-0.3, -0.25) is 0 Å². The van der Waals surface area contributed by atoms with Crippen molar-refractivity contribution in [2.45, 2.75) is 37.0 Å². The third-order valence-corrected chi connectivity index (χ3v) is 5.39. The Hall–Kier alpha value is -1.50. The summed E-state index contributed by atoms with van der Waals surface area (Å²) in [6.45, 7) is 0. The van der Waals surface area contributed by atoms with Gasteiger partial charge in [0.2, 0.25) is 0 Å². The van der Waals surface area contributed by atoms with Crippen molar-refractivity contribution in [3.8, 4) is 0 Å². The molecule has 0 bridgehead atoms. The van der Waals surface area contributed by atoms with Gasteiger partial charge in [0.1, 0.15) is 9.84 Å². The number of hydrogen-bond acceptors (Lipinski definition) is 4. The first-order valence-electron chi connectivity index (χ1n) is 6.27. The Morgan fingerprint density at radius 1 is 1.53 bits per heavy atom. The first kappa shape index (κ1) is 13.9. The van der Waals surface area contributed by atoms with E-state index < -0.39 is 9.84 Å². The lowest BCUT2D eigenvalue weighted by molar-refractivity contribution is 0.316. The molecule has 0 spiro atoms. The maximum Gasteiger partial charge on any atom is 0.186 e. The van der Waals surface area contributed by atoms with Crippen molar-refractivity contribution in [2.24, 2.45) is 10.9 Å². The van der Waals surface area contributed by atoms with Crippen LogP contribution in [0, 0.1) is 0 Å². The lowest BCUT2D eigenvalue weighted by atomic mass is 9.94. The van der Waals surface area contributed by atoms with Gasteiger partial charge < -0.3 is 15.5 Å². The van der Waals surface area contributed by atoms with E-state index in [9.17, 15) is 8.42 Å². The molecule has 2 atom stereocenters. The quantitative estimate of drug-likeness (QED) is 0.376. The molecule has 7 heteroatoms. The SMILES string of the molecule is CS(=O)(=O)C1CCCC(n2cccc2/C(N)=N/O)C1. The van der Waals surface area contributed by atoms with Crippen LogP contribution in [-0.2, 0) is 9.84 Å². The van der Waals surface area contributed by atoms with Crippen molar-refractivity contribution in [3.05, 3.63) is 24.0 Å². The van der Waals surface area contributed by atoms with Crippen LogP contribution < -0.4 is 5.73 Å². The molecule has 0 saturated heterocycles. The molecule has 2 rings (SSSR count). The maximum atomic E-state index is 11.7. The number of aromatic nitrogens is 1. The fraction of sp³-hybridized carbons (Fsp3) is 0.583. The highest BCUT2D eigenvalue weighted by molar-refractivity contribution is 7.91. The Balaban J connectivity index is 2.26. The molecule has 0 amide bonds. The molecule has 6 nitrogen and oxygen atoms in total. The van der Waals surface area contributed by atoms with Crippen LogP contribution in [0.4, 0.5) is 0 Å². The molecular weight excluding hydrogens is 266 g/mol. The second-order valence-corrected chi connectivity index (χ2v) is 7.38. The highest BCUT2D eigenvalue weighted by Gasteiger charge is 2.30. The minimum Gasteiger partial charge on any atom is -0.409 e. The lowest BCUT2D eigenvalue weighted by Gasteiger charge is -2.30. The van der Waals surface area contributed by atoms with Crippen LogP contribution in [0.15, 0.2) is 23.5 Å². The smallest absolute Gasteiger partial charge is 0.186 e. The summed E-state index contributed by atoms with van der Waals surface area (Å²) < 4.78 is 25.3. The van der Waals surface area contributed by atoms with Crippen molar-refractivity contribution in [2.75, 3.05) is 6.26 Å². The number of hydrogen-bond donors (Lipinski definition) is 2. The molecule has 3 N–H and O–H groups in total. The minimum absolute atomic E-state index is 0.0477. The van der Waals surface area contributed by atoms with Gasteiger partial charge in [-0.15, -0.1) is 0 Å². The molecule has 2 unspecified atom stereocenters. The van der Waals surface area contributed by atoms with Gasteiger partial charge in [-0.1, -0.05) is 11.6 Å². The lowest BCUT2D eigenvalue weighted by Crippen LogP contribution is -2.30. The molecule has 1 aromatic rings. The molecule has 1 fully saturated rings. The van der Waals surface area contributed by atoms with E-state index >= 15 is 0 Å². The predicted octanol–water partition coefficient (Wildman–Crippen LogP) is 1.11. The van der Waals surface area contributed by atoms with Gasteiger partial charge in [0.25, 0.3) is 0 Å². The Labute approximate surface area is 112 Å². The summed E-state index contributed by atoms with van der Waals surface area (Å²) in [6, 6.07) is 3.66. The molecule has 0 aliphatic heterocycles. The highest BCUT2D eigenvalue weighted by atomic mass is 32.2. The van der Waals surface area contributed by atoms with Crippen LogP contribution in [-0.4, -0.2) is 35.5 Å². The number of oxime groups is 1. The van der Waals surface area contributed by atoms with Gasteiger partial charge in [0.15, 0.2) is 5.84 Å². The van der Waals surface area contributed by atoms with Gasteiger partial charge in [0.05, 0.1) is 10.9 Å². The molecule has 19 heavy (non-hydrogen) atoms. The van der Waals surface area contributed by atoms with Crippen molar-refractivity contribution in [1.29, 1.82) is 0 Å². The van der Waals surface area contributed by atoms with Crippen LogP contribution in [0.1, 0.15) is 37.4 Å². The molecule has 1 aliphatic rings. The van der Waals surface area contributed by atoms with Crippen LogP contribution in [0.2, 0.25) is 0 Å². The van der Waals surface area contributed by atoms with E-state index in [4.69, 9.17) is 10.9 Å². The third-order valence-electron chi connectivity index (χ3n) is 3.75. The zero-order valence-corrected chi connectivity index (χ0v) is 11.7. The van der Waals surface area contributed by atoms with E-state index in [2.05, 4.69) is 5.16 Å². The molecule has 1 heterocycles. The van der Waals surface area contributed by atoms with E-state index in [1.54, 1.807) is 6.07 Å². The number of nitrogens with two attached hydrogens (primary N) is 1. The first-order chi connectivity index (χ1) is 8.93. The summed E-state index contributed by atoms with van der Waals surface area (Å²) in [6.07, 6.45) is 6.22. The fourth-order valence-electron chi connectivity index (χ4n) is 2.74. The molecule has 1 saturated carbocycles. The van der Waals surface area contributed by atoms with Crippen molar-refractivity contribution < 1.29 is 13.6 Å². The molecule has 0 aromatic carbocycles. The zero-order chi connectivity index (χ0) is 14.0. The van der Waals surface area contributed by atoms with Crippen molar-refractivity contribution >= 4 is 15.7 Å². The van der Waals surface area contributed by atoms with E-state index in [0.29, 0.717) is 12.1 Å². The van der Waals surface area contributed by atoms with E-state index in [0.717, 1.165) is 19.3 Å². The summed E-state index contributed by atoms with van der Waals surface area (Å²) in [5, 5.41) is 11.5. The normalized spacial score (nSPS) is 25.4. The summed E-state index contributed by atoms with van der Waals surface area (Å²) in [5.74, 6) is 0.0477. The van der Waals surface area contributed by atoms with Gasteiger partial charge in [-0.2, -0.15) is 0 Å². The summed E-state index contributed by atoms with van der Waals surface area (Å²) in [4.78, 5) is 0. The van der Waals surface area contributed by atoms with E-state index in [1.807, 2.05) is 16.8 Å². The van der Waals surface area contributed by atoms with Gasteiger partial charge in [-0.25, -0.2) is 8.42 Å². The molecule has 1 aromatic heterocycles. The predicted molar refractivity (Wildman–Crippen MR) is 73.1 cm³/mol. The van der Waals surface area contributed by atoms with Gasteiger partial charge in [-0.05, 0) is 31.4 Å². The van der Waals surface area contributed by atoms with Gasteiger partial charge in [0, 0.05) is 18.5 Å². The average molecular weight is 285 g/mol. The Bertz CT molecular complexity index is 577.